The Balaban J connectivity index is 0.945. The number of Topliss-reactive ketones (excluding diaryl/α,β-unsaturated/α-hetero) is 1. The molecule has 81 heavy (non-hydrogen) atoms. The molecule has 4 aliphatic carbocycles. The number of aliphatic hydroxyl groups excluding tert-OH is 1. The molecule has 0 aromatic heterocycles. The van der Waals surface area contributed by atoms with Crippen LogP contribution in [0.4, 0.5) is 15.3 Å². The minimum atomic E-state index is -1.69. The van der Waals surface area contributed by atoms with Gasteiger partial charge in [-0.15, -0.1) is 11.6 Å². The van der Waals surface area contributed by atoms with Crippen molar-refractivity contribution in [1.29, 1.82) is 0 Å². The van der Waals surface area contributed by atoms with Crippen LogP contribution in [0.15, 0.2) is 60.2 Å². The molecule has 442 valence electrons. The molecule has 0 radical (unpaired) electrons. The fraction of sp³-hybridized carbons (Fsp3) is 0.596. The molecular formula is C57H77ClN8O15. The number of allylic oxidation sites excluding steroid dienone is 4. The van der Waals surface area contributed by atoms with Crippen LogP contribution in [0.2, 0.25) is 0 Å². The summed E-state index contributed by atoms with van der Waals surface area (Å²) in [6, 6.07) is 3.39. The molecule has 0 saturated heterocycles. The van der Waals surface area contributed by atoms with Crippen LogP contribution in [0.5, 0.6) is 0 Å². The molecular weight excluding hydrogens is 1070 g/mol. The van der Waals surface area contributed by atoms with Gasteiger partial charge in [0.05, 0.1) is 11.0 Å². The van der Waals surface area contributed by atoms with E-state index in [4.69, 9.17) is 31.5 Å². The summed E-state index contributed by atoms with van der Waals surface area (Å²) in [6.07, 6.45) is 8.80. The van der Waals surface area contributed by atoms with Gasteiger partial charge >= 0.3 is 18.1 Å². The van der Waals surface area contributed by atoms with Gasteiger partial charge in [-0.1, -0.05) is 71.7 Å². The third-order valence-electron chi connectivity index (χ3n) is 16.8. The second kappa shape index (κ2) is 27.2. The summed E-state index contributed by atoms with van der Waals surface area (Å²) in [4.78, 5) is 140. The molecule has 1 heterocycles. The number of carbonyl (C=O) groups excluding carboxylic acids is 11. The van der Waals surface area contributed by atoms with E-state index in [9.17, 15) is 57.8 Å². The fourth-order valence-corrected chi connectivity index (χ4v) is 13.1. The Hall–Kier alpha value is -6.98. The summed E-state index contributed by atoms with van der Waals surface area (Å²) < 4.78 is 17.1. The van der Waals surface area contributed by atoms with E-state index in [1.807, 2.05) is 20.8 Å². The lowest BCUT2D eigenvalue weighted by Crippen LogP contribution is -2.69. The number of ketones is 2. The zero-order valence-corrected chi connectivity index (χ0v) is 47.6. The number of rotatable bonds is 27. The summed E-state index contributed by atoms with van der Waals surface area (Å²) in [5.41, 5.74) is 3.33. The number of nitrogens with one attached hydrogen (secondary N) is 6. The molecule has 1 unspecified atom stereocenters. The van der Waals surface area contributed by atoms with Gasteiger partial charge in [0.2, 0.25) is 29.4 Å². The molecule has 1 aromatic carbocycles. The number of primary amides is 1. The van der Waals surface area contributed by atoms with Crippen LogP contribution in [-0.2, 0) is 64.0 Å². The number of alkyl carbamates (subject to hydrolysis) is 1. The molecule has 0 spiro atoms. The van der Waals surface area contributed by atoms with Gasteiger partial charge in [0.25, 0.3) is 11.8 Å². The van der Waals surface area contributed by atoms with Crippen molar-refractivity contribution in [2.24, 2.45) is 40.2 Å². The quantitative estimate of drug-likeness (QED) is 0.0205. The van der Waals surface area contributed by atoms with Crippen molar-refractivity contribution in [3.05, 3.63) is 65.8 Å². The average Bonchev–Trinajstić information content (AvgIpc) is 3.98. The predicted octanol–water partition coefficient (Wildman–Crippen LogP) is 3.65. The first-order valence-electron chi connectivity index (χ1n) is 27.7. The summed E-state index contributed by atoms with van der Waals surface area (Å²) in [6.45, 7) is 9.40. The number of carbonyl (C=O) groups is 11. The number of urea groups is 1. The Labute approximate surface area is 476 Å². The second-order valence-electron chi connectivity index (χ2n) is 22.4. The smallest absolute Gasteiger partial charge is 0.407 e. The molecule has 9 N–H and O–H groups in total. The molecule has 9 amide bonds. The minimum absolute atomic E-state index is 0.00374. The van der Waals surface area contributed by atoms with Crippen LogP contribution in [0.1, 0.15) is 118 Å². The van der Waals surface area contributed by atoms with Crippen molar-refractivity contribution >= 4 is 82.4 Å². The van der Waals surface area contributed by atoms with Gasteiger partial charge in [0.1, 0.15) is 38.6 Å². The molecule has 1 aromatic rings. The first kappa shape index (κ1) is 63.2. The van der Waals surface area contributed by atoms with Crippen LogP contribution in [-0.4, -0.2) is 137 Å². The van der Waals surface area contributed by atoms with Crippen LogP contribution in [0.3, 0.4) is 0 Å². The van der Waals surface area contributed by atoms with Gasteiger partial charge in [-0.2, -0.15) is 0 Å². The zero-order valence-electron chi connectivity index (χ0n) is 46.8. The number of fused-ring (bicyclic) bond motifs is 5. The number of benzene rings is 1. The van der Waals surface area contributed by atoms with E-state index in [1.54, 1.807) is 57.2 Å². The van der Waals surface area contributed by atoms with Crippen LogP contribution >= 0.6 is 11.6 Å². The largest absolute Gasteiger partial charge is 0.450 e. The molecule has 3 fully saturated rings. The molecule has 6 rings (SSSR count). The first-order valence-corrected chi connectivity index (χ1v) is 28.1. The number of ether oxygens (including phenoxy) is 3. The normalized spacial score (nSPS) is 27.0. The van der Waals surface area contributed by atoms with Crippen LogP contribution < -0.4 is 37.6 Å². The number of esters is 1. The number of nitrogens with two attached hydrogens (primary N) is 1. The third-order valence-corrected chi connectivity index (χ3v) is 17.7. The van der Waals surface area contributed by atoms with Crippen LogP contribution in [0, 0.1) is 34.5 Å². The van der Waals surface area contributed by atoms with Gasteiger partial charge in [0.15, 0.2) is 11.4 Å². The summed E-state index contributed by atoms with van der Waals surface area (Å²) in [7, 11) is 0. The molecule has 24 heteroatoms. The van der Waals surface area contributed by atoms with Gasteiger partial charge < -0.3 is 57.0 Å². The first-order chi connectivity index (χ1) is 38.3. The fourth-order valence-electron chi connectivity index (χ4n) is 12.6. The number of unbranched alkanes of at least 4 members (excludes halogenated alkanes) is 2. The number of anilines is 1. The number of nitrogens with zero attached hydrogens (tertiary/aromatic N) is 1. The van der Waals surface area contributed by atoms with E-state index in [1.165, 1.54) is 18.2 Å². The van der Waals surface area contributed by atoms with Crippen LogP contribution in [0.25, 0.3) is 0 Å². The zero-order chi connectivity index (χ0) is 59.5. The van der Waals surface area contributed by atoms with Crippen molar-refractivity contribution in [1.82, 2.24) is 31.5 Å². The third kappa shape index (κ3) is 14.2. The molecule has 10 atom stereocenters. The van der Waals surface area contributed by atoms with Crippen molar-refractivity contribution in [2.75, 3.05) is 38.3 Å². The van der Waals surface area contributed by atoms with Gasteiger partial charge in [-0.05, 0) is 99.0 Å². The highest BCUT2D eigenvalue weighted by atomic mass is 35.5. The lowest BCUT2D eigenvalue weighted by molar-refractivity contribution is -0.203. The molecule has 0 bridgehead atoms. The van der Waals surface area contributed by atoms with Crippen molar-refractivity contribution in [2.45, 2.75) is 147 Å². The Morgan fingerprint density at radius 2 is 1.58 bits per heavy atom. The average molecular weight is 1150 g/mol. The summed E-state index contributed by atoms with van der Waals surface area (Å²) in [5, 5.41) is 27.6. The monoisotopic (exact) mass is 1150 g/mol. The highest BCUT2D eigenvalue weighted by Crippen LogP contribution is 2.72. The van der Waals surface area contributed by atoms with Gasteiger partial charge in [-0.3, -0.25) is 48.1 Å². The Morgan fingerprint density at radius 3 is 2.25 bits per heavy atom. The van der Waals surface area contributed by atoms with E-state index >= 15 is 0 Å². The van der Waals surface area contributed by atoms with E-state index in [-0.39, 0.29) is 87.2 Å². The predicted molar refractivity (Wildman–Crippen MR) is 294 cm³/mol. The SMILES string of the molecule is CCC(=O)O[C@]1(C(=O)COCNC(=O)CNC(=O)OCc2ccc(NC(=O)[C@H](CCCNC(N)=O)NC(=O)[C@@H](NC(=O)CCCCCN3C(=O)C=CC3=O)C(C)C)cc2)[C@@H](C)CC2[C@@H]3CCC4=CC(=O)C=C[C@]4(C)[C@@]3(Cl)[C@@H](O)C[C@@]21C. The number of halogens is 1. The molecule has 3 saturated carbocycles. The molecule has 5 aliphatic rings. The number of aliphatic hydroxyl groups is 1. The highest BCUT2D eigenvalue weighted by molar-refractivity contribution is 6.26. The van der Waals surface area contributed by atoms with Gasteiger partial charge in [0, 0.05) is 60.5 Å². The van der Waals surface area contributed by atoms with Crippen molar-refractivity contribution in [3.63, 3.8) is 0 Å². The van der Waals surface area contributed by atoms with Gasteiger partial charge in [-0.25, -0.2) is 9.59 Å². The Bertz CT molecular complexity index is 2680. The second-order valence-corrected chi connectivity index (χ2v) is 23.0. The molecule has 23 nitrogen and oxygen atoms in total. The Kier molecular flexibility index (Phi) is 21.2. The maximum atomic E-state index is 14.5. The highest BCUT2D eigenvalue weighted by Gasteiger charge is 2.76. The summed E-state index contributed by atoms with van der Waals surface area (Å²) in [5.74, 6) is -5.67. The maximum Gasteiger partial charge on any atom is 0.407 e. The number of amides is 9. The van der Waals surface area contributed by atoms with E-state index in [0.29, 0.717) is 49.8 Å². The number of hydrogen-bond acceptors (Lipinski definition) is 15. The minimum Gasteiger partial charge on any atom is -0.450 e. The van der Waals surface area contributed by atoms with E-state index < -0.39 is 113 Å². The lowest BCUT2D eigenvalue weighted by Gasteiger charge is -2.64. The summed E-state index contributed by atoms with van der Waals surface area (Å²) >= 11 is 7.61. The topological polar surface area (TPSA) is 337 Å². The lowest BCUT2D eigenvalue weighted by atomic mass is 9.45. The van der Waals surface area contributed by atoms with E-state index in [0.717, 1.165) is 10.5 Å². The maximum absolute atomic E-state index is 14.5. The number of imide groups is 1. The number of hydrogen-bond donors (Lipinski definition) is 8. The van der Waals surface area contributed by atoms with Crippen molar-refractivity contribution < 1.29 is 72.1 Å². The van der Waals surface area contributed by atoms with Crippen molar-refractivity contribution in [3.8, 4) is 0 Å². The number of alkyl halides is 1. The van der Waals surface area contributed by atoms with E-state index in [2.05, 4.69) is 31.9 Å². The Morgan fingerprint density at radius 1 is 0.877 bits per heavy atom. The molecule has 1 aliphatic heterocycles. The standard InChI is InChI=1S/C57H77ClN8O15/c1-7-48(74)81-57(34(4)26-40-39-19-16-36-27-38(67)22-23-54(36,5)56(39,58)42(68)28-55(40,57)6)43(69)31-79-32-62-45(71)29-61-53(78)80-30-35-14-17-37(18-15-35)63-50(75)41(12-11-24-60-52(59)77)64-51(76)49(33(2)3)65-44(70)13-9-8-10-25-66-46(72)20-21-47(66)73/h14-15,17-18,20-23,27,33-34,39-42,49,68H,7-13,16,19,24-26,28-32H2,1-6H3,(H,61,78)(H,62,71)(H,63,75)(H,64,76)(H,65,70)(H3,59,60,77)/t34-,39-,40?,41-,42-,49-,54-,55-,56-,57-/m0/s1.